The van der Waals surface area contributed by atoms with Gasteiger partial charge < -0.3 is 4.90 Å². The number of rotatable bonds is 4. The standard InChI is InChI=1S/C21H24N2O3S2/c1-27-20-10-9-17(15-18(20)21(24)22-12-5-2-6-13-22)28(25,26)23-14-11-16-7-3-4-8-19(16)23/h3-4,7-10,15H,2,5-6,11-14H2,1H3. The molecule has 0 atom stereocenters. The number of thioether (sulfide) groups is 1. The van der Waals surface area contributed by atoms with Crippen LogP contribution in [0.25, 0.3) is 0 Å². The normalized spacial score (nSPS) is 16.9. The molecule has 0 radical (unpaired) electrons. The second-order valence-corrected chi connectivity index (χ2v) is 9.88. The van der Waals surface area contributed by atoms with Crippen LogP contribution in [0.2, 0.25) is 0 Å². The van der Waals surface area contributed by atoms with Crippen LogP contribution in [0.4, 0.5) is 5.69 Å². The second-order valence-electron chi connectivity index (χ2n) is 7.17. The molecule has 2 aromatic rings. The lowest BCUT2D eigenvalue weighted by Crippen LogP contribution is -2.36. The summed E-state index contributed by atoms with van der Waals surface area (Å²) in [6.07, 6.45) is 5.76. The number of nitrogens with zero attached hydrogens (tertiary/aromatic N) is 2. The van der Waals surface area contributed by atoms with Crippen molar-refractivity contribution >= 4 is 33.4 Å². The number of amides is 1. The van der Waals surface area contributed by atoms with Gasteiger partial charge in [-0.3, -0.25) is 9.10 Å². The number of carbonyl (C=O) groups excluding carboxylic acids is 1. The van der Waals surface area contributed by atoms with E-state index in [1.807, 2.05) is 35.4 Å². The second kappa shape index (κ2) is 7.79. The van der Waals surface area contributed by atoms with E-state index in [1.165, 1.54) is 16.1 Å². The van der Waals surface area contributed by atoms with E-state index in [0.29, 0.717) is 18.5 Å². The van der Waals surface area contributed by atoms with E-state index >= 15 is 0 Å². The Labute approximate surface area is 170 Å². The lowest BCUT2D eigenvalue weighted by molar-refractivity contribution is 0.0720. The Kier molecular flexibility index (Phi) is 5.38. The summed E-state index contributed by atoms with van der Waals surface area (Å²) in [6.45, 7) is 1.91. The Morgan fingerprint density at radius 2 is 1.75 bits per heavy atom. The predicted octanol–water partition coefficient (Wildman–Crippen LogP) is 3.79. The minimum absolute atomic E-state index is 0.0667. The van der Waals surface area contributed by atoms with Gasteiger partial charge in [0.1, 0.15) is 0 Å². The SMILES string of the molecule is CSc1ccc(S(=O)(=O)N2CCc3ccccc32)cc1C(=O)N1CCCCC1. The molecule has 1 saturated heterocycles. The van der Waals surface area contributed by atoms with Crippen molar-refractivity contribution in [3.8, 4) is 0 Å². The molecular formula is C21H24N2O3S2. The zero-order valence-corrected chi connectivity index (χ0v) is 17.6. The van der Waals surface area contributed by atoms with Crippen LogP contribution in [0.3, 0.4) is 0 Å². The van der Waals surface area contributed by atoms with E-state index in [9.17, 15) is 13.2 Å². The van der Waals surface area contributed by atoms with Crippen LogP contribution in [0.15, 0.2) is 52.3 Å². The number of sulfonamides is 1. The first-order valence-electron chi connectivity index (χ1n) is 9.60. The third kappa shape index (κ3) is 3.42. The molecule has 0 spiro atoms. The van der Waals surface area contributed by atoms with Crippen LogP contribution in [0.5, 0.6) is 0 Å². The van der Waals surface area contributed by atoms with Gasteiger partial charge in [0.15, 0.2) is 0 Å². The monoisotopic (exact) mass is 416 g/mol. The highest BCUT2D eigenvalue weighted by Crippen LogP contribution is 2.34. The Bertz CT molecular complexity index is 998. The van der Waals surface area contributed by atoms with E-state index in [2.05, 4.69) is 0 Å². The summed E-state index contributed by atoms with van der Waals surface area (Å²) in [5.41, 5.74) is 2.26. The van der Waals surface area contributed by atoms with Crippen LogP contribution in [-0.2, 0) is 16.4 Å². The third-order valence-corrected chi connectivity index (χ3v) is 8.08. The van der Waals surface area contributed by atoms with E-state index in [0.717, 1.165) is 48.5 Å². The largest absolute Gasteiger partial charge is 0.339 e. The summed E-state index contributed by atoms with van der Waals surface area (Å²) >= 11 is 1.47. The summed E-state index contributed by atoms with van der Waals surface area (Å²) in [7, 11) is -3.71. The van der Waals surface area contributed by atoms with Crippen LogP contribution in [-0.4, -0.2) is 45.1 Å². The number of likely N-dealkylation sites (tertiary alicyclic amines) is 1. The maximum absolute atomic E-state index is 13.3. The van der Waals surface area contributed by atoms with Crippen LogP contribution < -0.4 is 4.31 Å². The molecule has 0 saturated carbocycles. The van der Waals surface area contributed by atoms with Gasteiger partial charge in [-0.15, -0.1) is 11.8 Å². The van der Waals surface area contributed by atoms with Crippen molar-refractivity contribution in [3.05, 3.63) is 53.6 Å². The van der Waals surface area contributed by atoms with Crippen molar-refractivity contribution in [1.29, 1.82) is 0 Å². The van der Waals surface area contributed by atoms with Crippen molar-refractivity contribution in [2.24, 2.45) is 0 Å². The number of carbonyl (C=O) groups is 1. The summed E-state index contributed by atoms with van der Waals surface area (Å²) in [5.74, 6) is -0.0667. The average Bonchev–Trinajstić information content (AvgIpc) is 3.18. The molecule has 2 heterocycles. The number of benzene rings is 2. The zero-order valence-electron chi connectivity index (χ0n) is 15.9. The number of hydrogen-bond acceptors (Lipinski definition) is 4. The van der Waals surface area contributed by atoms with Gasteiger partial charge in [0.05, 0.1) is 16.1 Å². The Balaban J connectivity index is 1.71. The van der Waals surface area contributed by atoms with Gasteiger partial charge in [0, 0.05) is 24.5 Å². The first-order valence-corrected chi connectivity index (χ1v) is 12.3. The fraction of sp³-hybridized carbons (Fsp3) is 0.381. The molecule has 0 aromatic heterocycles. The molecule has 5 nitrogen and oxygen atoms in total. The topological polar surface area (TPSA) is 57.7 Å². The first kappa shape index (κ1) is 19.3. The van der Waals surface area contributed by atoms with Gasteiger partial charge in [-0.25, -0.2) is 8.42 Å². The molecule has 0 aliphatic carbocycles. The number of piperidine rings is 1. The molecule has 2 aromatic carbocycles. The number of para-hydroxylation sites is 1. The predicted molar refractivity (Wildman–Crippen MR) is 113 cm³/mol. The molecule has 2 aliphatic heterocycles. The lowest BCUT2D eigenvalue weighted by atomic mass is 10.1. The number of anilines is 1. The molecule has 7 heteroatoms. The highest BCUT2D eigenvalue weighted by atomic mass is 32.2. The Morgan fingerprint density at radius 3 is 2.50 bits per heavy atom. The molecule has 2 aliphatic rings. The summed E-state index contributed by atoms with van der Waals surface area (Å²) in [5, 5.41) is 0. The number of fused-ring (bicyclic) bond motifs is 1. The molecular weight excluding hydrogens is 392 g/mol. The van der Waals surface area contributed by atoms with Crippen LogP contribution in [0, 0.1) is 0 Å². The molecule has 1 amide bonds. The van der Waals surface area contributed by atoms with Gasteiger partial charge in [-0.2, -0.15) is 0 Å². The van der Waals surface area contributed by atoms with E-state index in [1.54, 1.807) is 18.2 Å². The van der Waals surface area contributed by atoms with Crippen molar-refractivity contribution in [2.75, 3.05) is 30.2 Å². The minimum Gasteiger partial charge on any atom is -0.339 e. The molecule has 1 fully saturated rings. The highest BCUT2D eigenvalue weighted by Gasteiger charge is 2.32. The molecule has 4 rings (SSSR count). The minimum atomic E-state index is -3.71. The number of hydrogen-bond donors (Lipinski definition) is 0. The van der Waals surface area contributed by atoms with Gasteiger partial charge in [0.2, 0.25) is 0 Å². The molecule has 0 unspecified atom stereocenters. The average molecular weight is 417 g/mol. The first-order chi connectivity index (χ1) is 13.5. The maximum atomic E-state index is 13.3. The fourth-order valence-corrected chi connectivity index (χ4v) is 6.07. The third-order valence-electron chi connectivity index (χ3n) is 5.48. The van der Waals surface area contributed by atoms with E-state index in [4.69, 9.17) is 0 Å². The van der Waals surface area contributed by atoms with Crippen molar-refractivity contribution < 1.29 is 13.2 Å². The maximum Gasteiger partial charge on any atom is 0.264 e. The molecule has 0 bridgehead atoms. The van der Waals surface area contributed by atoms with Gasteiger partial charge in [-0.1, -0.05) is 18.2 Å². The van der Waals surface area contributed by atoms with Crippen molar-refractivity contribution in [2.45, 2.75) is 35.5 Å². The van der Waals surface area contributed by atoms with Gasteiger partial charge >= 0.3 is 0 Å². The Hall–Kier alpha value is -1.99. The van der Waals surface area contributed by atoms with Gasteiger partial charge in [-0.05, 0) is 61.8 Å². The molecule has 148 valence electrons. The van der Waals surface area contributed by atoms with Crippen LogP contribution in [0.1, 0.15) is 35.2 Å². The fourth-order valence-electron chi connectivity index (χ4n) is 3.97. The molecule has 0 N–H and O–H groups in total. The summed E-state index contributed by atoms with van der Waals surface area (Å²) < 4.78 is 28.1. The summed E-state index contributed by atoms with van der Waals surface area (Å²) in [4.78, 5) is 15.9. The quantitative estimate of drug-likeness (QED) is 0.712. The summed E-state index contributed by atoms with van der Waals surface area (Å²) in [6, 6.07) is 12.5. The lowest BCUT2D eigenvalue weighted by Gasteiger charge is -2.28. The van der Waals surface area contributed by atoms with E-state index in [-0.39, 0.29) is 10.8 Å². The van der Waals surface area contributed by atoms with E-state index < -0.39 is 10.0 Å². The van der Waals surface area contributed by atoms with Crippen LogP contribution >= 0.6 is 11.8 Å². The zero-order chi connectivity index (χ0) is 19.7. The van der Waals surface area contributed by atoms with Crippen molar-refractivity contribution in [3.63, 3.8) is 0 Å². The smallest absolute Gasteiger partial charge is 0.264 e. The Morgan fingerprint density at radius 1 is 1.00 bits per heavy atom. The van der Waals surface area contributed by atoms with Gasteiger partial charge in [0.25, 0.3) is 15.9 Å². The highest BCUT2D eigenvalue weighted by molar-refractivity contribution is 7.98. The molecule has 28 heavy (non-hydrogen) atoms. The van der Waals surface area contributed by atoms with Crippen molar-refractivity contribution in [1.82, 2.24) is 4.90 Å².